The average molecular weight is 411 g/mol. The number of hydrogen-bond acceptors (Lipinski definition) is 5. The van der Waals surface area contributed by atoms with Crippen LogP contribution in [0.3, 0.4) is 0 Å². The first kappa shape index (κ1) is 20.5. The Morgan fingerprint density at radius 2 is 1.97 bits per heavy atom. The largest absolute Gasteiger partial charge is 0.350 e. The standard InChI is InChI=1S/C22H30N6O2/c1-26-12-9-20(25-26)22(30)27-13-7-19(8-14-27)28-11-4-5-17(16-28)21(29)24-15-18-6-2-3-10-23-18/h2-3,6,9-10,12,17,19H,4-5,7-8,11,13-16H2,1H3,(H,24,29)/t17-/m0/s1. The fourth-order valence-electron chi connectivity index (χ4n) is 4.50. The van der Waals surface area contributed by atoms with E-state index in [1.54, 1.807) is 23.1 Å². The molecule has 0 radical (unpaired) electrons. The van der Waals surface area contributed by atoms with E-state index >= 15 is 0 Å². The van der Waals surface area contributed by atoms with Crippen LogP contribution in [0.15, 0.2) is 36.7 Å². The highest BCUT2D eigenvalue weighted by Gasteiger charge is 2.33. The molecule has 30 heavy (non-hydrogen) atoms. The van der Waals surface area contributed by atoms with Crippen molar-refractivity contribution in [3.8, 4) is 0 Å². The smallest absolute Gasteiger partial charge is 0.274 e. The summed E-state index contributed by atoms with van der Waals surface area (Å²) < 4.78 is 1.66. The summed E-state index contributed by atoms with van der Waals surface area (Å²) in [6, 6.07) is 7.94. The second kappa shape index (κ2) is 9.38. The van der Waals surface area contributed by atoms with Gasteiger partial charge in [-0.1, -0.05) is 6.07 Å². The topological polar surface area (TPSA) is 83.4 Å². The summed E-state index contributed by atoms with van der Waals surface area (Å²) in [4.78, 5) is 33.9. The monoisotopic (exact) mass is 410 g/mol. The van der Waals surface area contributed by atoms with Crippen LogP contribution in [0.1, 0.15) is 41.9 Å². The van der Waals surface area contributed by atoms with Crippen LogP contribution in [0.2, 0.25) is 0 Å². The molecule has 0 aromatic carbocycles. The Morgan fingerprint density at radius 3 is 2.67 bits per heavy atom. The van der Waals surface area contributed by atoms with E-state index in [2.05, 4.69) is 20.3 Å². The van der Waals surface area contributed by atoms with Crippen molar-refractivity contribution in [3.63, 3.8) is 0 Å². The van der Waals surface area contributed by atoms with Gasteiger partial charge in [-0.2, -0.15) is 5.10 Å². The lowest BCUT2D eigenvalue weighted by Gasteiger charge is -2.41. The van der Waals surface area contributed by atoms with Crippen LogP contribution in [-0.4, -0.2) is 68.6 Å². The molecule has 1 N–H and O–H groups in total. The summed E-state index contributed by atoms with van der Waals surface area (Å²) in [5, 5.41) is 7.27. The maximum Gasteiger partial charge on any atom is 0.274 e. The number of nitrogens with one attached hydrogen (secondary N) is 1. The van der Waals surface area contributed by atoms with Crippen molar-refractivity contribution in [1.29, 1.82) is 0 Å². The van der Waals surface area contributed by atoms with Gasteiger partial charge in [0.2, 0.25) is 5.91 Å². The molecule has 0 saturated carbocycles. The van der Waals surface area contributed by atoms with Gasteiger partial charge in [0.05, 0.1) is 18.2 Å². The Bertz CT molecular complexity index is 860. The molecule has 2 aliphatic rings. The van der Waals surface area contributed by atoms with E-state index in [-0.39, 0.29) is 17.7 Å². The molecular weight excluding hydrogens is 380 g/mol. The lowest BCUT2D eigenvalue weighted by Crippen LogP contribution is -2.51. The van der Waals surface area contributed by atoms with Gasteiger partial charge in [-0.25, -0.2) is 0 Å². The minimum absolute atomic E-state index is 0.0134. The number of nitrogens with zero attached hydrogens (tertiary/aromatic N) is 5. The molecule has 4 heterocycles. The quantitative estimate of drug-likeness (QED) is 0.807. The molecule has 2 aromatic heterocycles. The first-order valence-corrected chi connectivity index (χ1v) is 10.8. The van der Waals surface area contributed by atoms with E-state index in [0.29, 0.717) is 18.3 Å². The summed E-state index contributed by atoms with van der Waals surface area (Å²) >= 11 is 0. The average Bonchev–Trinajstić information content (AvgIpc) is 3.24. The summed E-state index contributed by atoms with van der Waals surface area (Å²) in [6.07, 6.45) is 7.40. The SMILES string of the molecule is Cn1ccc(C(=O)N2CCC(N3CCC[C@H](C(=O)NCc4ccccn4)C3)CC2)n1. The number of pyridine rings is 1. The minimum Gasteiger partial charge on any atom is -0.350 e. The second-order valence-electron chi connectivity index (χ2n) is 8.27. The van der Waals surface area contributed by atoms with Crippen LogP contribution in [0.4, 0.5) is 0 Å². The summed E-state index contributed by atoms with van der Waals surface area (Å²) in [5.74, 6) is 0.156. The third-order valence-corrected chi connectivity index (χ3v) is 6.19. The van der Waals surface area contributed by atoms with Gasteiger partial charge in [-0.3, -0.25) is 24.2 Å². The molecule has 8 heteroatoms. The molecule has 160 valence electrons. The van der Waals surface area contributed by atoms with Crippen LogP contribution < -0.4 is 5.32 Å². The van der Waals surface area contributed by atoms with Crippen molar-refractivity contribution in [2.24, 2.45) is 13.0 Å². The van der Waals surface area contributed by atoms with E-state index in [9.17, 15) is 9.59 Å². The molecule has 0 aliphatic carbocycles. The zero-order valence-corrected chi connectivity index (χ0v) is 17.5. The number of carbonyl (C=O) groups excluding carboxylic acids is 2. The van der Waals surface area contributed by atoms with E-state index in [4.69, 9.17) is 0 Å². The summed E-state index contributed by atoms with van der Waals surface area (Å²) in [6.45, 7) is 3.79. The fraction of sp³-hybridized carbons (Fsp3) is 0.545. The van der Waals surface area contributed by atoms with Gasteiger partial charge in [0, 0.05) is 45.1 Å². The number of aromatic nitrogens is 3. The van der Waals surface area contributed by atoms with Crippen molar-refractivity contribution >= 4 is 11.8 Å². The number of hydrogen-bond donors (Lipinski definition) is 1. The van der Waals surface area contributed by atoms with Crippen LogP contribution in [0, 0.1) is 5.92 Å². The lowest BCUT2D eigenvalue weighted by molar-refractivity contribution is -0.127. The van der Waals surface area contributed by atoms with Crippen molar-refractivity contribution in [1.82, 2.24) is 29.9 Å². The molecule has 0 bridgehead atoms. The zero-order valence-electron chi connectivity index (χ0n) is 17.5. The van der Waals surface area contributed by atoms with Crippen molar-refractivity contribution in [2.75, 3.05) is 26.2 Å². The number of piperidine rings is 2. The van der Waals surface area contributed by atoms with Gasteiger partial charge in [-0.15, -0.1) is 0 Å². The zero-order chi connectivity index (χ0) is 20.9. The molecular formula is C22H30N6O2. The molecule has 2 amide bonds. The summed E-state index contributed by atoms with van der Waals surface area (Å²) in [5.41, 5.74) is 1.39. The minimum atomic E-state index is 0.0134. The van der Waals surface area contributed by atoms with Gasteiger partial charge < -0.3 is 10.2 Å². The van der Waals surface area contributed by atoms with Crippen LogP contribution in [0.25, 0.3) is 0 Å². The number of rotatable bonds is 5. The third-order valence-electron chi connectivity index (χ3n) is 6.19. The first-order valence-electron chi connectivity index (χ1n) is 10.8. The van der Waals surface area contributed by atoms with E-state index in [1.165, 1.54) is 0 Å². The molecule has 2 fully saturated rings. The molecule has 2 aromatic rings. The Balaban J connectivity index is 1.26. The van der Waals surface area contributed by atoms with Gasteiger partial charge in [-0.05, 0) is 50.4 Å². The van der Waals surface area contributed by atoms with E-state index < -0.39 is 0 Å². The summed E-state index contributed by atoms with van der Waals surface area (Å²) in [7, 11) is 1.82. The van der Waals surface area contributed by atoms with Crippen LogP contribution in [-0.2, 0) is 18.4 Å². The second-order valence-corrected chi connectivity index (χ2v) is 8.27. The predicted octanol–water partition coefficient (Wildman–Crippen LogP) is 1.45. The Kier molecular flexibility index (Phi) is 6.42. The predicted molar refractivity (Wildman–Crippen MR) is 113 cm³/mol. The number of aryl methyl sites for hydroxylation is 1. The maximum atomic E-state index is 12.7. The number of amides is 2. The highest BCUT2D eigenvalue weighted by molar-refractivity contribution is 5.92. The fourth-order valence-corrected chi connectivity index (χ4v) is 4.50. The highest BCUT2D eigenvalue weighted by atomic mass is 16.2. The van der Waals surface area contributed by atoms with Crippen molar-refractivity contribution < 1.29 is 9.59 Å². The van der Waals surface area contributed by atoms with Gasteiger partial charge in [0.25, 0.3) is 5.91 Å². The molecule has 2 saturated heterocycles. The van der Waals surface area contributed by atoms with Gasteiger partial charge >= 0.3 is 0 Å². The molecule has 1 atom stereocenters. The first-order chi connectivity index (χ1) is 14.6. The molecule has 0 unspecified atom stereocenters. The number of carbonyl (C=O) groups is 2. The normalized spacial score (nSPS) is 20.8. The van der Waals surface area contributed by atoms with Crippen molar-refractivity contribution in [2.45, 2.75) is 38.3 Å². The van der Waals surface area contributed by atoms with Gasteiger partial charge in [0.1, 0.15) is 5.69 Å². The molecule has 2 aliphatic heterocycles. The van der Waals surface area contributed by atoms with Crippen molar-refractivity contribution in [3.05, 3.63) is 48.0 Å². The lowest BCUT2D eigenvalue weighted by atomic mass is 9.93. The number of likely N-dealkylation sites (tertiary alicyclic amines) is 2. The molecule has 8 nitrogen and oxygen atoms in total. The Labute approximate surface area is 177 Å². The van der Waals surface area contributed by atoms with E-state index in [1.807, 2.05) is 30.1 Å². The van der Waals surface area contributed by atoms with E-state index in [0.717, 1.165) is 57.6 Å². The molecule has 4 rings (SSSR count). The Morgan fingerprint density at radius 1 is 1.13 bits per heavy atom. The van der Waals surface area contributed by atoms with Crippen LogP contribution in [0.5, 0.6) is 0 Å². The van der Waals surface area contributed by atoms with Gasteiger partial charge in [0.15, 0.2) is 0 Å². The molecule has 0 spiro atoms. The maximum absolute atomic E-state index is 12.7. The Hall–Kier alpha value is -2.74. The third kappa shape index (κ3) is 4.87. The van der Waals surface area contributed by atoms with Crippen LogP contribution >= 0.6 is 0 Å². The highest BCUT2D eigenvalue weighted by Crippen LogP contribution is 2.24.